The Morgan fingerprint density at radius 1 is 1.37 bits per heavy atom. The highest BCUT2D eigenvalue weighted by Gasteiger charge is 2.21. The number of hydrogen-bond acceptors (Lipinski definition) is 5. The molecule has 8 heteroatoms. The number of amides is 1. The monoisotopic (exact) mass is 286 g/mol. The van der Waals surface area contributed by atoms with Crippen molar-refractivity contribution in [3.8, 4) is 0 Å². The van der Waals surface area contributed by atoms with Crippen LogP contribution in [0.25, 0.3) is 0 Å². The number of nitrogen functional groups attached to an aromatic ring is 1. The van der Waals surface area contributed by atoms with Gasteiger partial charge >= 0.3 is 0 Å². The second-order valence-corrected chi connectivity index (χ2v) is 6.51. The summed E-state index contributed by atoms with van der Waals surface area (Å²) in [5, 5.41) is 8.04. The molecule has 1 amide bonds. The number of benzene rings is 1. The summed E-state index contributed by atoms with van der Waals surface area (Å²) in [5.74, 6) is -0.447. The van der Waals surface area contributed by atoms with Crippen LogP contribution in [0.15, 0.2) is 23.1 Å². The normalized spacial score (nSPS) is 12.2. The summed E-state index contributed by atoms with van der Waals surface area (Å²) in [7, 11) is -3.79. The molecule has 0 radical (unpaired) electrons. The van der Waals surface area contributed by atoms with Crippen molar-refractivity contribution >= 4 is 27.3 Å². The van der Waals surface area contributed by atoms with E-state index < -0.39 is 21.5 Å². The summed E-state index contributed by atoms with van der Waals surface area (Å²) < 4.78 is 22.3. The largest absolute Gasteiger partial charge is 0.397 e. The summed E-state index contributed by atoms with van der Waals surface area (Å²) >= 11 is 0. The Morgan fingerprint density at radius 2 is 1.95 bits per heavy atom. The average Bonchev–Trinajstić information content (AvgIpc) is 2.16. The Labute approximate surface area is 112 Å². The third kappa shape index (κ3) is 4.42. The van der Waals surface area contributed by atoms with Gasteiger partial charge in [0.15, 0.2) is 0 Å². The number of anilines is 2. The van der Waals surface area contributed by atoms with Crippen molar-refractivity contribution in [2.45, 2.75) is 30.7 Å². The van der Waals surface area contributed by atoms with Crippen LogP contribution in [-0.2, 0) is 14.8 Å². The zero-order valence-corrected chi connectivity index (χ0v) is 11.6. The van der Waals surface area contributed by atoms with Crippen LogP contribution in [0.1, 0.15) is 20.3 Å². The van der Waals surface area contributed by atoms with Crippen molar-refractivity contribution in [3.05, 3.63) is 18.2 Å². The molecule has 0 spiro atoms. The van der Waals surface area contributed by atoms with Crippen LogP contribution in [-0.4, -0.2) is 19.9 Å². The fraction of sp³-hybridized carbons (Fsp3) is 0.364. The minimum absolute atomic E-state index is 0.0664. The molecule has 0 bridgehead atoms. The van der Waals surface area contributed by atoms with E-state index in [1.54, 1.807) is 13.8 Å². The first-order chi connectivity index (χ1) is 8.51. The highest BCUT2D eigenvalue weighted by Crippen LogP contribution is 2.26. The first-order valence-corrected chi connectivity index (χ1v) is 7.05. The predicted molar refractivity (Wildman–Crippen MR) is 73.7 cm³/mol. The summed E-state index contributed by atoms with van der Waals surface area (Å²) in [4.78, 5) is 10.9. The van der Waals surface area contributed by atoms with E-state index in [-0.39, 0.29) is 17.0 Å². The Bertz CT molecular complexity index is 596. The number of nitrogens with two attached hydrogens (primary N) is 3. The van der Waals surface area contributed by atoms with Crippen LogP contribution >= 0.6 is 0 Å². The lowest BCUT2D eigenvalue weighted by molar-refractivity contribution is -0.118. The van der Waals surface area contributed by atoms with E-state index in [1.165, 1.54) is 18.2 Å². The number of hydrogen-bond donors (Lipinski definition) is 4. The minimum Gasteiger partial charge on any atom is -0.397 e. The maximum absolute atomic E-state index is 11.2. The van der Waals surface area contributed by atoms with Gasteiger partial charge in [-0.1, -0.05) is 0 Å². The molecule has 0 aliphatic rings. The van der Waals surface area contributed by atoms with Crippen LogP contribution in [0.4, 0.5) is 11.4 Å². The van der Waals surface area contributed by atoms with Crippen molar-refractivity contribution in [1.29, 1.82) is 0 Å². The average molecular weight is 286 g/mol. The molecule has 7 nitrogen and oxygen atoms in total. The fourth-order valence-corrected chi connectivity index (χ4v) is 2.22. The minimum atomic E-state index is -3.79. The molecule has 0 saturated heterocycles. The first-order valence-electron chi connectivity index (χ1n) is 5.50. The van der Waals surface area contributed by atoms with E-state index in [4.69, 9.17) is 16.6 Å². The molecular formula is C11H18N4O3S. The number of primary amides is 1. The molecule has 1 rings (SSSR count). The summed E-state index contributed by atoms with van der Waals surface area (Å²) in [6.45, 7) is 3.57. The Kier molecular flexibility index (Phi) is 4.06. The van der Waals surface area contributed by atoms with Gasteiger partial charge in [-0.3, -0.25) is 4.79 Å². The van der Waals surface area contributed by atoms with Crippen LogP contribution in [0.2, 0.25) is 0 Å². The van der Waals surface area contributed by atoms with Gasteiger partial charge < -0.3 is 16.8 Å². The fourth-order valence-electron chi connectivity index (χ4n) is 1.68. The molecule has 0 saturated carbocycles. The van der Waals surface area contributed by atoms with Crippen molar-refractivity contribution in [2.75, 3.05) is 11.1 Å². The second-order valence-electron chi connectivity index (χ2n) is 4.95. The summed E-state index contributed by atoms with van der Waals surface area (Å²) in [6.07, 6.45) is 0.114. The Balaban J connectivity index is 3.02. The highest BCUT2D eigenvalue weighted by atomic mass is 32.2. The standard InChI is InChI=1S/C11H18N4O3S/c1-11(2,6-10(13)16)15-9-4-3-7(5-8(9)12)19(14,17)18/h3-5,15H,6,12H2,1-2H3,(H2,13,16)(H2,14,17,18). The molecule has 1 aromatic rings. The number of carbonyl (C=O) groups is 1. The third-order valence-electron chi connectivity index (χ3n) is 2.44. The lowest BCUT2D eigenvalue weighted by Crippen LogP contribution is -2.36. The summed E-state index contributed by atoms with van der Waals surface area (Å²) in [5.41, 5.74) is 11.0. The number of primary sulfonamides is 1. The second kappa shape index (κ2) is 5.06. The number of sulfonamides is 1. The van der Waals surface area contributed by atoms with E-state index in [2.05, 4.69) is 5.32 Å². The molecule has 0 fully saturated rings. The van der Waals surface area contributed by atoms with Gasteiger partial charge in [-0.25, -0.2) is 13.6 Å². The Morgan fingerprint density at radius 3 is 2.37 bits per heavy atom. The SMILES string of the molecule is CC(C)(CC(N)=O)Nc1ccc(S(N)(=O)=O)cc1N. The number of rotatable bonds is 5. The molecule has 19 heavy (non-hydrogen) atoms. The molecule has 0 aliphatic heterocycles. The van der Waals surface area contributed by atoms with Crippen LogP contribution < -0.4 is 21.9 Å². The van der Waals surface area contributed by atoms with E-state index in [9.17, 15) is 13.2 Å². The molecule has 106 valence electrons. The first kappa shape index (κ1) is 15.3. The maximum atomic E-state index is 11.2. The van der Waals surface area contributed by atoms with Gasteiger partial charge in [-0.05, 0) is 32.0 Å². The molecule has 0 unspecified atom stereocenters. The van der Waals surface area contributed by atoms with Gasteiger partial charge in [-0.2, -0.15) is 0 Å². The molecule has 0 aliphatic carbocycles. The number of nitrogens with one attached hydrogen (secondary N) is 1. The van der Waals surface area contributed by atoms with Crippen LogP contribution in [0.5, 0.6) is 0 Å². The predicted octanol–water partition coefficient (Wildman–Crippen LogP) is -0.0179. The zero-order valence-electron chi connectivity index (χ0n) is 10.8. The lowest BCUT2D eigenvalue weighted by atomic mass is 9.99. The molecule has 7 N–H and O–H groups in total. The third-order valence-corrected chi connectivity index (χ3v) is 3.35. The summed E-state index contributed by atoms with van der Waals surface area (Å²) in [6, 6.07) is 4.10. The van der Waals surface area contributed by atoms with Gasteiger partial charge in [0.25, 0.3) is 0 Å². The van der Waals surface area contributed by atoms with Crippen LogP contribution in [0, 0.1) is 0 Å². The van der Waals surface area contributed by atoms with E-state index in [0.29, 0.717) is 5.69 Å². The van der Waals surface area contributed by atoms with Crippen molar-refractivity contribution in [2.24, 2.45) is 10.9 Å². The Hall–Kier alpha value is -1.80. The van der Waals surface area contributed by atoms with Crippen molar-refractivity contribution in [1.82, 2.24) is 0 Å². The lowest BCUT2D eigenvalue weighted by Gasteiger charge is -2.27. The smallest absolute Gasteiger partial charge is 0.238 e. The van der Waals surface area contributed by atoms with Crippen molar-refractivity contribution < 1.29 is 13.2 Å². The van der Waals surface area contributed by atoms with Crippen LogP contribution in [0.3, 0.4) is 0 Å². The quantitative estimate of drug-likeness (QED) is 0.563. The van der Waals surface area contributed by atoms with Gasteiger partial charge in [-0.15, -0.1) is 0 Å². The van der Waals surface area contributed by atoms with Gasteiger partial charge in [0.1, 0.15) is 0 Å². The van der Waals surface area contributed by atoms with Gasteiger partial charge in [0.2, 0.25) is 15.9 Å². The topological polar surface area (TPSA) is 141 Å². The molecule has 1 aromatic carbocycles. The molecule has 0 heterocycles. The molecule has 0 aromatic heterocycles. The van der Waals surface area contributed by atoms with E-state index >= 15 is 0 Å². The highest BCUT2D eigenvalue weighted by molar-refractivity contribution is 7.89. The van der Waals surface area contributed by atoms with Crippen molar-refractivity contribution in [3.63, 3.8) is 0 Å². The van der Waals surface area contributed by atoms with E-state index in [0.717, 1.165) is 0 Å². The maximum Gasteiger partial charge on any atom is 0.238 e. The van der Waals surface area contributed by atoms with Gasteiger partial charge in [0.05, 0.1) is 16.3 Å². The zero-order chi connectivity index (χ0) is 14.8. The molecular weight excluding hydrogens is 268 g/mol. The van der Waals surface area contributed by atoms with E-state index in [1.807, 2.05) is 0 Å². The van der Waals surface area contributed by atoms with Gasteiger partial charge in [0, 0.05) is 12.0 Å². The molecule has 0 atom stereocenters. The number of carbonyl (C=O) groups excluding carboxylic acids is 1.